The van der Waals surface area contributed by atoms with E-state index in [1.807, 2.05) is 0 Å². The quantitative estimate of drug-likeness (QED) is 0.177. The molecule has 5 rings (SSSR count). The van der Waals surface area contributed by atoms with Gasteiger partial charge in [-0.25, -0.2) is 16.8 Å². The normalized spacial score (nSPS) is 14.9. The van der Waals surface area contributed by atoms with Crippen LogP contribution >= 0.6 is 12.4 Å². The highest BCUT2D eigenvalue weighted by atomic mass is 35.5. The molecule has 2 fully saturated rings. The first-order valence-electron chi connectivity index (χ1n) is 12.8. The molecule has 0 atom stereocenters. The van der Waals surface area contributed by atoms with Gasteiger partial charge in [0.05, 0.1) is 9.79 Å². The molecule has 3 heterocycles. The van der Waals surface area contributed by atoms with Crippen LogP contribution in [0.1, 0.15) is 44.2 Å². The highest BCUT2D eigenvalue weighted by Crippen LogP contribution is 2.25. The molecule has 14 N–H and O–H groups in total. The number of hydrogen-bond acceptors (Lipinski definition) is 14. The van der Waals surface area contributed by atoms with Crippen molar-refractivity contribution in [3.05, 3.63) is 54.6 Å². The molecule has 3 aromatic rings. The Balaban J connectivity index is -0.000000653. The molecule has 2 aromatic carbocycles. The standard InChI is InChI=1S/C25H31N7O4S2.ClH.4H3N.4H2/c33-37(34,21-10-4-1-5-11-21)30-38(35,36)22-14-12-20(13-15-22)26-23-27-24(31-16-6-2-7-17-31)29-25(28-23)32-18-8-3-9-19-32;;;;;;;;;/h1,4-5,10-15,30H,2-3,6-9,16-19H2,(H,26,27,28,29);1H;4*1H3;4*1H. The van der Waals surface area contributed by atoms with Gasteiger partial charge in [0.25, 0.3) is 20.0 Å². The van der Waals surface area contributed by atoms with Crippen LogP contribution in [0.4, 0.5) is 23.5 Å². The smallest absolute Gasteiger partial charge is 0.253 e. The van der Waals surface area contributed by atoms with Crippen LogP contribution in [0.25, 0.3) is 0 Å². The van der Waals surface area contributed by atoms with Crippen LogP contribution < -0.4 is 43.8 Å². The minimum absolute atomic E-state index is 0. The maximum atomic E-state index is 12.8. The van der Waals surface area contributed by atoms with Gasteiger partial charge in [0, 0.05) is 37.6 Å². The molecule has 1 aromatic heterocycles. The molecule has 2 saturated heterocycles. The summed E-state index contributed by atoms with van der Waals surface area (Å²) < 4.78 is 52.4. The molecule has 0 saturated carbocycles. The molecule has 250 valence electrons. The Morgan fingerprint density at radius 2 is 1.00 bits per heavy atom. The average Bonchev–Trinajstić information content (AvgIpc) is 2.94. The molecule has 0 bridgehead atoms. The Morgan fingerprint density at radius 3 is 1.44 bits per heavy atom. The second-order valence-corrected chi connectivity index (χ2v) is 13.0. The van der Waals surface area contributed by atoms with E-state index in [-0.39, 0.29) is 52.5 Å². The van der Waals surface area contributed by atoms with E-state index in [1.54, 1.807) is 22.3 Å². The third kappa shape index (κ3) is 9.94. The zero-order valence-electron chi connectivity index (χ0n) is 24.2. The molecular formula is C25H52ClN11O4S2. The highest BCUT2D eigenvalue weighted by Gasteiger charge is 2.25. The zero-order chi connectivity index (χ0) is 26.6. The lowest BCUT2D eigenvalue weighted by Gasteiger charge is -2.30. The lowest BCUT2D eigenvalue weighted by Crippen LogP contribution is -2.34. The lowest BCUT2D eigenvalue weighted by molar-refractivity contribution is 0.556. The summed E-state index contributed by atoms with van der Waals surface area (Å²) in [4.78, 5) is 18.1. The van der Waals surface area contributed by atoms with Crippen molar-refractivity contribution < 1.29 is 22.5 Å². The van der Waals surface area contributed by atoms with E-state index in [4.69, 9.17) is 4.98 Å². The summed E-state index contributed by atoms with van der Waals surface area (Å²) in [6.07, 6.45) is 6.77. The molecule has 2 aliphatic rings. The monoisotopic (exact) mass is 669 g/mol. The lowest BCUT2D eigenvalue weighted by atomic mass is 10.1. The Labute approximate surface area is 266 Å². The fraction of sp³-hybridized carbons (Fsp3) is 0.400. The van der Waals surface area contributed by atoms with E-state index in [1.165, 1.54) is 49.2 Å². The van der Waals surface area contributed by atoms with E-state index in [0.29, 0.717) is 23.5 Å². The Hall–Kier alpha value is -3.16. The Morgan fingerprint density at radius 1 is 0.581 bits per heavy atom. The molecule has 0 unspecified atom stereocenters. The van der Waals surface area contributed by atoms with Gasteiger partial charge in [-0.3, -0.25) is 0 Å². The number of benzene rings is 2. The first-order valence-corrected chi connectivity index (χ1v) is 15.7. The van der Waals surface area contributed by atoms with Crippen molar-refractivity contribution in [3.8, 4) is 0 Å². The molecule has 0 amide bonds. The van der Waals surface area contributed by atoms with Crippen LogP contribution in [0.2, 0.25) is 0 Å². The number of nitrogens with zero attached hydrogens (tertiary/aromatic N) is 5. The Bertz CT molecular complexity index is 1450. The molecule has 2 aliphatic heterocycles. The maximum absolute atomic E-state index is 12.8. The second-order valence-electron chi connectivity index (χ2n) is 9.41. The van der Waals surface area contributed by atoms with Crippen molar-refractivity contribution in [1.82, 2.24) is 43.7 Å². The molecule has 43 heavy (non-hydrogen) atoms. The van der Waals surface area contributed by atoms with Crippen LogP contribution in [0.5, 0.6) is 0 Å². The summed E-state index contributed by atoms with van der Waals surface area (Å²) in [5.41, 5.74) is 0.565. The van der Waals surface area contributed by atoms with Gasteiger partial charge in [-0.05, 0) is 74.9 Å². The predicted octanol–water partition coefficient (Wildman–Crippen LogP) is 5.32. The highest BCUT2D eigenvalue weighted by molar-refractivity contribution is 8.04. The van der Waals surface area contributed by atoms with Crippen molar-refractivity contribution in [2.24, 2.45) is 0 Å². The first-order chi connectivity index (χ1) is 18.3. The van der Waals surface area contributed by atoms with Gasteiger partial charge >= 0.3 is 0 Å². The van der Waals surface area contributed by atoms with Gasteiger partial charge in [0.2, 0.25) is 17.8 Å². The largest absolute Gasteiger partial charge is 0.344 e. The number of halogens is 1. The number of rotatable bonds is 8. The molecule has 18 heteroatoms. The van der Waals surface area contributed by atoms with Crippen LogP contribution in [0.15, 0.2) is 64.4 Å². The summed E-state index contributed by atoms with van der Waals surface area (Å²) in [7, 11) is -8.56. The van der Waals surface area contributed by atoms with Crippen LogP contribution in [0, 0.1) is 0 Å². The van der Waals surface area contributed by atoms with Gasteiger partial charge in [-0.1, -0.05) is 18.2 Å². The molecule has 0 spiro atoms. The van der Waals surface area contributed by atoms with Gasteiger partial charge in [0.1, 0.15) is 0 Å². The third-order valence-electron chi connectivity index (χ3n) is 6.58. The van der Waals surface area contributed by atoms with Crippen LogP contribution in [0.3, 0.4) is 0 Å². The van der Waals surface area contributed by atoms with Gasteiger partial charge < -0.3 is 39.7 Å². The minimum Gasteiger partial charge on any atom is -0.344 e. The van der Waals surface area contributed by atoms with E-state index in [0.717, 1.165) is 51.9 Å². The summed E-state index contributed by atoms with van der Waals surface area (Å²) in [6, 6.07) is 13.1. The molecule has 0 aliphatic carbocycles. The van der Waals surface area contributed by atoms with E-state index >= 15 is 0 Å². The SMILES string of the molecule is Cl.N.N.N.N.O=S(=O)(NS(=O)(=O)c1ccc(Nc2nc(N3CCCCC3)nc(N3CCCCC3)n2)cc1)c1ccccc1.[HH].[HH].[HH].[HH]. The fourth-order valence-corrected chi connectivity index (χ4v) is 7.50. The van der Waals surface area contributed by atoms with Crippen LogP contribution in [-0.2, 0) is 20.0 Å². The topological polar surface area (TPSA) is 277 Å². The van der Waals surface area contributed by atoms with Gasteiger partial charge in [-0.15, -0.1) is 16.5 Å². The number of nitrogens with one attached hydrogen (secondary N) is 2. The van der Waals surface area contributed by atoms with Crippen molar-refractivity contribution >= 4 is 56.0 Å². The summed E-state index contributed by atoms with van der Waals surface area (Å²) in [6.45, 7) is 3.59. The summed E-state index contributed by atoms with van der Waals surface area (Å²) in [5, 5.41) is 3.17. The van der Waals surface area contributed by atoms with Gasteiger partial charge in [0.15, 0.2) is 0 Å². The summed E-state index contributed by atoms with van der Waals surface area (Å²) >= 11 is 0. The number of piperidine rings is 2. The molecule has 15 nitrogen and oxygen atoms in total. The van der Waals surface area contributed by atoms with Crippen LogP contribution in [-0.4, -0.2) is 58.0 Å². The maximum Gasteiger partial charge on any atom is 0.253 e. The molecular weight excluding hydrogens is 618 g/mol. The predicted molar refractivity (Wildman–Crippen MR) is 181 cm³/mol. The molecule has 0 radical (unpaired) electrons. The number of aromatic nitrogens is 3. The average molecular weight is 670 g/mol. The Kier molecular flexibility index (Phi) is 15.9. The van der Waals surface area contributed by atoms with E-state index in [2.05, 4.69) is 25.1 Å². The number of hydrogen-bond donors (Lipinski definition) is 6. The van der Waals surface area contributed by atoms with Crippen molar-refractivity contribution in [2.45, 2.75) is 48.3 Å². The second kappa shape index (κ2) is 17.2. The van der Waals surface area contributed by atoms with Gasteiger partial charge in [-0.2, -0.15) is 15.0 Å². The minimum atomic E-state index is -4.32. The fourth-order valence-electron chi connectivity index (χ4n) is 4.57. The number of anilines is 4. The van der Waals surface area contributed by atoms with E-state index < -0.39 is 20.0 Å². The number of sulfonamides is 2. The zero-order valence-corrected chi connectivity index (χ0v) is 26.6. The summed E-state index contributed by atoms with van der Waals surface area (Å²) in [5.74, 6) is 1.65. The van der Waals surface area contributed by atoms with Crippen molar-refractivity contribution in [2.75, 3.05) is 41.3 Å². The van der Waals surface area contributed by atoms with Crippen molar-refractivity contribution in [1.29, 1.82) is 0 Å². The third-order valence-corrected chi connectivity index (χ3v) is 10.1. The van der Waals surface area contributed by atoms with E-state index in [9.17, 15) is 16.8 Å². The van der Waals surface area contributed by atoms with Crippen molar-refractivity contribution in [3.63, 3.8) is 0 Å². The first kappa shape index (κ1) is 39.8.